The molecule has 0 saturated carbocycles. The van der Waals surface area contributed by atoms with Gasteiger partial charge in [0.25, 0.3) is 0 Å². The summed E-state index contributed by atoms with van der Waals surface area (Å²) < 4.78 is 37.2. The molecule has 4 rings (SSSR count). The molecule has 0 aliphatic heterocycles. The molecule has 4 aromatic rings. The molecule has 0 saturated heterocycles. The average Bonchev–Trinajstić information content (AvgIpc) is 2.73. The topological polar surface area (TPSA) is 52.6 Å². The van der Waals surface area contributed by atoms with Crippen LogP contribution in [0, 0.1) is 11.6 Å². The number of esters is 2. The number of ether oxygens (including phenoxy) is 2. The minimum atomic E-state index is -0.692. The zero-order chi connectivity index (χ0) is 21.1. The molecule has 0 heterocycles. The van der Waals surface area contributed by atoms with Gasteiger partial charge in [0.05, 0.1) is 11.1 Å². The fourth-order valence-electron chi connectivity index (χ4n) is 2.89. The van der Waals surface area contributed by atoms with Crippen molar-refractivity contribution in [2.24, 2.45) is 0 Å². The summed E-state index contributed by atoms with van der Waals surface area (Å²) in [5, 5.41) is 1.48. The highest BCUT2D eigenvalue weighted by Gasteiger charge is 2.12. The van der Waals surface area contributed by atoms with E-state index in [1.165, 1.54) is 36.4 Å². The Morgan fingerprint density at radius 2 is 1.03 bits per heavy atom. The molecular formula is C24H14F2O4. The SMILES string of the molecule is O=C(Oc1ccc2ccc(OC(=O)c3cccc(F)c3)cc2c1)c1cccc(F)c1. The molecule has 0 aliphatic rings. The first-order chi connectivity index (χ1) is 14.5. The highest BCUT2D eigenvalue weighted by atomic mass is 19.1. The van der Waals surface area contributed by atoms with E-state index in [2.05, 4.69) is 0 Å². The van der Waals surface area contributed by atoms with Gasteiger partial charge >= 0.3 is 11.9 Å². The largest absolute Gasteiger partial charge is 0.423 e. The Morgan fingerprint density at radius 3 is 1.47 bits per heavy atom. The Hall–Kier alpha value is -4.06. The third-order valence-corrected chi connectivity index (χ3v) is 4.32. The summed E-state index contributed by atoms with van der Waals surface area (Å²) in [6.45, 7) is 0. The van der Waals surface area contributed by atoms with E-state index in [9.17, 15) is 18.4 Å². The van der Waals surface area contributed by atoms with Crippen LogP contribution in [0.2, 0.25) is 0 Å². The highest BCUT2D eigenvalue weighted by molar-refractivity contribution is 5.93. The van der Waals surface area contributed by atoms with Gasteiger partial charge in [0.15, 0.2) is 0 Å². The van der Waals surface area contributed by atoms with Gasteiger partial charge in [0.2, 0.25) is 0 Å². The molecule has 0 radical (unpaired) electrons. The maximum atomic E-state index is 13.3. The first-order valence-electron chi connectivity index (χ1n) is 8.97. The van der Waals surface area contributed by atoms with E-state index in [0.717, 1.165) is 17.5 Å². The molecule has 6 heteroatoms. The molecule has 0 unspecified atom stereocenters. The first kappa shape index (κ1) is 19.3. The molecule has 148 valence electrons. The Kier molecular flexibility index (Phi) is 5.22. The van der Waals surface area contributed by atoms with Gasteiger partial charge < -0.3 is 9.47 Å². The van der Waals surface area contributed by atoms with Crippen molar-refractivity contribution in [3.05, 3.63) is 108 Å². The van der Waals surface area contributed by atoms with Crippen molar-refractivity contribution in [2.75, 3.05) is 0 Å². The number of hydrogen-bond donors (Lipinski definition) is 0. The van der Waals surface area contributed by atoms with E-state index in [1.807, 2.05) is 0 Å². The molecule has 0 fully saturated rings. The molecule has 0 amide bonds. The molecule has 0 aliphatic carbocycles. The molecule has 0 aromatic heterocycles. The number of rotatable bonds is 4. The van der Waals surface area contributed by atoms with Crippen LogP contribution in [0.4, 0.5) is 8.78 Å². The van der Waals surface area contributed by atoms with E-state index >= 15 is 0 Å². The molecule has 0 spiro atoms. The van der Waals surface area contributed by atoms with Gasteiger partial charge in [-0.2, -0.15) is 0 Å². The third-order valence-electron chi connectivity index (χ3n) is 4.32. The predicted octanol–water partition coefficient (Wildman–Crippen LogP) is 5.56. The summed E-state index contributed by atoms with van der Waals surface area (Å²) >= 11 is 0. The van der Waals surface area contributed by atoms with Crippen molar-refractivity contribution in [3.8, 4) is 11.5 Å². The smallest absolute Gasteiger partial charge is 0.343 e. The van der Waals surface area contributed by atoms with Gasteiger partial charge in [-0.1, -0.05) is 24.3 Å². The van der Waals surface area contributed by atoms with E-state index in [-0.39, 0.29) is 22.6 Å². The lowest BCUT2D eigenvalue weighted by atomic mass is 10.1. The number of fused-ring (bicyclic) bond motifs is 1. The molecule has 4 aromatic carbocycles. The minimum Gasteiger partial charge on any atom is -0.423 e. The summed E-state index contributed by atoms with van der Waals surface area (Å²) in [4.78, 5) is 24.4. The van der Waals surface area contributed by atoms with Gasteiger partial charge in [-0.25, -0.2) is 18.4 Å². The van der Waals surface area contributed by atoms with Crippen LogP contribution < -0.4 is 9.47 Å². The van der Waals surface area contributed by atoms with Crippen molar-refractivity contribution in [2.45, 2.75) is 0 Å². The normalized spacial score (nSPS) is 10.6. The zero-order valence-electron chi connectivity index (χ0n) is 15.5. The first-order valence-corrected chi connectivity index (χ1v) is 8.97. The van der Waals surface area contributed by atoms with E-state index in [0.29, 0.717) is 5.39 Å². The van der Waals surface area contributed by atoms with Crippen LogP contribution >= 0.6 is 0 Å². The highest BCUT2D eigenvalue weighted by Crippen LogP contribution is 2.26. The van der Waals surface area contributed by atoms with Crippen molar-refractivity contribution < 1.29 is 27.8 Å². The van der Waals surface area contributed by atoms with Gasteiger partial charge in [-0.05, 0) is 71.4 Å². The van der Waals surface area contributed by atoms with E-state index in [1.54, 1.807) is 36.4 Å². The van der Waals surface area contributed by atoms with Gasteiger partial charge in [-0.3, -0.25) is 0 Å². The monoisotopic (exact) mass is 404 g/mol. The minimum absolute atomic E-state index is 0.0906. The van der Waals surface area contributed by atoms with Crippen LogP contribution in [-0.4, -0.2) is 11.9 Å². The average molecular weight is 404 g/mol. The van der Waals surface area contributed by atoms with Crippen LogP contribution in [0.15, 0.2) is 84.9 Å². The van der Waals surface area contributed by atoms with Gasteiger partial charge in [0.1, 0.15) is 23.1 Å². The number of carbonyl (C=O) groups excluding carboxylic acids is 2. The zero-order valence-corrected chi connectivity index (χ0v) is 15.5. The summed E-state index contributed by atoms with van der Waals surface area (Å²) in [5.41, 5.74) is 0.181. The Bertz CT molecular complexity index is 1170. The number of benzene rings is 4. The number of carbonyl (C=O) groups is 2. The maximum absolute atomic E-state index is 13.3. The molecule has 30 heavy (non-hydrogen) atoms. The van der Waals surface area contributed by atoms with Crippen LogP contribution in [0.5, 0.6) is 11.5 Å². The van der Waals surface area contributed by atoms with Gasteiger partial charge in [-0.15, -0.1) is 0 Å². The second-order valence-corrected chi connectivity index (χ2v) is 6.47. The summed E-state index contributed by atoms with van der Waals surface area (Å²) in [7, 11) is 0. The lowest BCUT2D eigenvalue weighted by Crippen LogP contribution is -2.09. The maximum Gasteiger partial charge on any atom is 0.343 e. The summed E-state index contributed by atoms with van der Waals surface area (Å²) in [5.74, 6) is -1.94. The molecule has 0 N–H and O–H groups in total. The standard InChI is InChI=1S/C24H14F2O4/c25-19-5-1-3-16(11-19)23(27)29-21-9-7-15-8-10-22(14-18(15)13-21)30-24(28)17-4-2-6-20(26)12-17/h1-14H. The van der Waals surface area contributed by atoms with Crippen LogP contribution in [0.1, 0.15) is 20.7 Å². The lowest BCUT2D eigenvalue weighted by Gasteiger charge is -2.08. The number of hydrogen-bond acceptors (Lipinski definition) is 4. The predicted molar refractivity (Wildman–Crippen MR) is 107 cm³/mol. The second kappa shape index (κ2) is 8.13. The fourth-order valence-corrected chi connectivity index (χ4v) is 2.89. The quantitative estimate of drug-likeness (QED) is 0.330. The third kappa shape index (κ3) is 4.33. The number of halogens is 2. The van der Waals surface area contributed by atoms with Crippen LogP contribution in [0.25, 0.3) is 10.8 Å². The molecule has 4 nitrogen and oxygen atoms in total. The van der Waals surface area contributed by atoms with Gasteiger partial charge in [0, 0.05) is 0 Å². The Morgan fingerprint density at radius 1 is 0.567 bits per heavy atom. The van der Waals surface area contributed by atoms with Crippen molar-refractivity contribution in [3.63, 3.8) is 0 Å². The molecule has 0 atom stereocenters. The van der Waals surface area contributed by atoms with E-state index < -0.39 is 23.6 Å². The summed E-state index contributed by atoms with van der Waals surface area (Å²) in [6, 6.07) is 20.3. The second-order valence-electron chi connectivity index (χ2n) is 6.47. The van der Waals surface area contributed by atoms with Crippen LogP contribution in [-0.2, 0) is 0 Å². The van der Waals surface area contributed by atoms with Crippen molar-refractivity contribution >= 4 is 22.7 Å². The summed E-state index contributed by atoms with van der Waals surface area (Å²) in [6.07, 6.45) is 0. The Labute approximate surface area is 170 Å². The molecular weight excluding hydrogens is 390 g/mol. The van der Waals surface area contributed by atoms with Crippen molar-refractivity contribution in [1.82, 2.24) is 0 Å². The lowest BCUT2D eigenvalue weighted by molar-refractivity contribution is 0.0725. The molecule has 0 bridgehead atoms. The fraction of sp³-hybridized carbons (Fsp3) is 0. The van der Waals surface area contributed by atoms with Crippen LogP contribution in [0.3, 0.4) is 0 Å². The Balaban J connectivity index is 1.55. The van der Waals surface area contributed by atoms with E-state index in [4.69, 9.17) is 9.47 Å². The van der Waals surface area contributed by atoms with Crippen molar-refractivity contribution in [1.29, 1.82) is 0 Å².